The number of thiazole rings is 1. The Morgan fingerprint density at radius 3 is 3.00 bits per heavy atom. The standard InChI is InChI=1S/C12H7N3O3S/c16-12(17)18-10-4-9-8(6-14-10)15-11(19-9)7-2-1-3-13-5-7/h1-6H,(H,16,17). The van der Waals surface area contributed by atoms with Gasteiger partial charge in [0.15, 0.2) is 0 Å². The molecule has 0 aromatic carbocycles. The molecule has 19 heavy (non-hydrogen) atoms. The van der Waals surface area contributed by atoms with Gasteiger partial charge in [-0.25, -0.2) is 14.8 Å². The second kappa shape index (κ2) is 4.62. The Morgan fingerprint density at radius 1 is 1.37 bits per heavy atom. The lowest BCUT2D eigenvalue weighted by molar-refractivity contribution is 0.142. The van der Waals surface area contributed by atoms with Crippen LogP contribution in [-0.2, 0) is 0 Å². The molecule has 1 N–H and O–H groups in total. The number of rotatable bonds is 2. The van der Waals surface area contributed by atoms with Gasteiger partial charge in [-0.15, -0.1) is 11.3 Å². The van der Waals surface area contributed by atoms with Gasteiger partial charge in [0.05, 0.1) is 10.9 Å². The van der Waals surface area contributed by atoms with Gasteiger partial charge in [-0.3, -0.25) is 4.98 Å². The first-order valence-corrected chi connectivity index (χ1v) is 6.12. The third kappa shape index (κ3) is 2.36. The summed E-state index contributed by atoms with van der Waals surface area (Å²) in [6, 6.07) is 5.30. The molecule has 3 heterocycles. The lowest BCUT2D eigenvalue weighted by Crippen LogP contribution is -2.03. The quantitative estimate of drug-likeness (QED) is 0.722. The lowest BCUT2D eigenvalue weighted by Gasteiger charge is -1.96. The summed E-state index contributed by atoms with van der Waals surface area (Å²) in [6.45, 7) is 0. The maximum atomic E-state index is 10.4. The van der Waals surface area contributed by atoms with Crippen molar-refractivity contribution in [3.05, 3.63) is 36.8 Å². The molecule has 3 aromatic rings. The van der Waals surface area contributed by atoms with E-state index in [1.807, 2.05) is 12.1 Å². The Kier molecular flexibility index (Phi) is 2.81. The van der Waals surface area contributed by atoms with E-state index in [-0.39, 0.29) is 5.88 Å². The van der Waals surface area contributed by atoms with Gasteiger partial charge in [-0.2, -0.15) is 0 Å². The summed E-state index contributed by atoms with van der Waals surface area (Å²) in [7, 11) is 0. The van der Waals surface area contributed by atoms with Crippen molar-refractivity contribution in [2.75, 3.05) is 0 Å². The van der Waals surface area contributed by atoms with Gasteiger partial charge in [0, 0.05) is 24.0 Å². The third-order valence-corrected chi connectivity index (χ3v) is 3.42. The smallest absolute Gasteiger partial charge is 0.449 e. The first-order chi connectivity index (χ1) is 9.22. The van der Waals surface area contributed by atoms with Gasteiger partial charge in [-0.05, 0) is 12.1 Å². The molecule has 0 atom stereocenters. The van der Waals surface area contributed by atoms with Crippen LogP contribution < -0.4 is 4.74 Å². The summed E-state index contributed by atoms with van der Waals surface area (Å²) >= 11 is 1.43. The minimum atomic E-state index is -1.39. The number of hydrogen-bond donors (Lipinski definition) is 1. The second-order valence-electron chi connectivity index (χ2n) is 3.62. The number of carbonyl (C=O) groups is 1. The molecule has 0 unspecified atom stereocenters. The third-order valence-electron chi connectivity index (χ3n) is 2.35. The number of fused-ring (bicyclic) bond motifs is 1. The average Bonchev–Trinajstić information content (AvgIpc) is 2.82. The van der Waals surface area contributed by atoms with Crippen molar-refractivity contribution in [2.24, 2.45) is 0 Å². The van der Waals surface area contributed by atoms with Crippen LogP contribution in [0.25, 0.3) is 20.8 Å². The monoisotopic (exact) mass is 273 g/mol. The largest absolute Gasteiger partial charge is 0.512 e. The van der Waals surface area contributed by atoms with Crippen LogP contribution in [0.1, 0.15) is 0 Å². The van der Waals surface area contributed by atoms with Gasteiger partial charge >= 0.3 is 6.16 Å². The molecule has 0 amide bonds. The molecule has 6 nitrogen and oxygen atoms in total. The van der Waals surface area contributed by atoms with E-state index < -0.39 is 6.16 Å². The molecule has 0 aliphatic carbocycles. The normalized spacial score (nSPS) is 10.5. The zero-order valence-corrected chi connectivity index (χ0v) is 10.3. The minimum Gasteiger partial charge on any atom is -0.449 e. The average molecular weight is 273 g/mol. The molecular formula is C12H7N3O3S. The van der Waals surface area contributed by atoms with Crippen LogP contribution in [0.4, 0.5) is 4.79 Å². The highest BCUT2D eigenvalue weighted by molar-refractivity contribution is 7.21. The van der Waals surface area contributed by atoms with E-state index in [2.05, 4.69) is 19.7 Å². The molecule has 0 saturated carbocycles. The first kappa shape index (κ1) is 11.5. The molecule has 94 valence electrons. The predicted octanol–water partition coefficient (Wildman–Crippen LogP) is 2.81. The molecule has 0 bridgehead atoms. The van der Waals surface area contributed by atoms with E-state index in [1.54, 1.807) is 18.5 Å². The van der Waals surface area contributed by atoms with Crippen molar-refractivity contribution < 1.29 is 14.6 Å². The van der Waals surface area contributed by atoms with Crippen molar-refractivity contribution in [3.8, 4) is 16.5 Å². The van der Waals surface area contributed by atoms with Crippen molar-refractivity contribution in [1.29, 1.82) is 0 Å². The van der Waals surface area contributed by atoms with Crippen molar-refractivity contribution in [1.82, 2.24) is 15.0 Å². The number of carboxylic acid groups (broad SMARTS) is 1. The zero-order chi connectivity index (χ0) is 13.2. The molecule has 0 radical (unpaired) electrons. The van der Waals surface area contributed by atoms with Crippen molar-refractivity contribution in [3.63, 3.8) is 0 Å². The first-order valence-electron chi connectivity index (χ1n) is 5.30. The fourth-order valence-electron chi connectivity index (χ4n) is 1.57. The maximum Gasteiger partial charge on any atom is 0.512 e. The maximum absolute atomic E-state index is 10.4. The highest BCUT2D eigenvalue weighted by atomic mass is 32.1. The molecule has 0 spiro atoms. The number of pyridine rings is 2. The summed E-state index contributed by atoms with van der Waals surface area (Å²) in [5.74, 6) is 0.0430. The van der Waals surface area contributed by atoms with E-state index in [4.69, 9.17) is 5.11 Å². The molecule has 3 rings (SSSR count). The molecule has 0 fully saturated rings. The van der Waals surface area contributed by atoms with E-state index in [9.17, 15) is 4.79 Å². The Bertz CT molecular complexity index is 742. The van der Waals surface area contributed by atoms with E-state index in [0.29, 0.717) is 5.52 Å². The summed E-state index contributed by atoms with van der Waals surface area (Å²) in [5.41, 5.74) is 1.60. The predicted molar refractivity (Wildman–Crippen MR) is 69.3 cm³/mol. The number of hydrogen-bond acceptors (Lipinski definition) is 6. The van der Waals surface area contributed by atoms with E-state index in [0.717, 1.165) is 15.3 Å². The van der Waals surface area contributed by atoms with E-state index in [1.165, 1.54) is 17.5 Å². The Hall–Kier alpha value is -2.54. The van der Waals surface area contributed by atoms with Gasteiger partial charge < -0.3 is 9.84 Å². The van der Waals surface area contributed by atoms with Crippen molar-refractivity contribution in [2.45, 2.75) is 0 Å². The fraction of sp³-hybridized carbons (Fsp3) is 0. The Balaban J connectivity index is 2.04. The summed E-state index contributed by atoms with van der Waals surface area (Å²) in [5, 5.41) is 9.34. The molecular weight excluding hydrogens is 266 g/mol. The lowest BCUT2D eigenvalue weighted by atomic mass is 10.3. The van der Waals surface area contributed by atoms with Crippen LogP contribution in [0, 0.1) is 0 Å². The summed E-state index contributed by atoms with van der Waals surface area (Å²) < 4.78 is 5.32. The number of nitrogens with zero attached hydrogens (tertiary/aromatic N) is 3. The summed E-state index contributed by atoms with van der Waals surface area (Å²) in [6.07, 6.45) is 3.52. The van der Waals surface area contributed by atoms with Crippen LogP contribution in [0.2, 0.25) is 0 Å². The topological polar surface area (TPSA) is 85.2 Å². The minimum absolute atomic E-state index is 0.0430. The van der Waals surface area contributed by atoms with Crippen LogP contribution in [0.3, 0.4) is 0 Å². The van der Waals surface area contributed by atoms with Gasteiger partial charge in [0.25, 0.3) is 0 Å². The molecule has 0 saturated heterocycles. The van der Waals surface area contributed by atoms with Gasteiger partial charge in [0.1, 0.15) is 10.5 Å². The van der Waals surface area contributed by atoms with Crippen LogP contribution in [-0.4, -0.2) is 26.2 Å². The fourth-order valence-corrected chi connectivity index (χ4v) is 2.53. The van der Waals surface area contributed by atoms with Crippen LogP contribution in [0.5, 0.6) is 5.88 Å². The summed E-state index contributed by atoms with van der Waals surface area (Å²) in [4.78, 5) is 22.8. The zero-order valence-electron chi connectivity index (χ0n) is 9.48. The highest BCUT2D eigenvalue weighted by Crippen LogP contribution is 2.30. The molecule has 7 heteroatoms. The number of ether oxygens (including phenoxy) is 1. The molecule has 3 aromatic heterocycles. The van der Waals surface area contributed by atoms with Crippen LogP contribution >= 0.6 is 11.3 Å². The number of aromatic nitrogens is 3. The Labute approximate surface area is 111 Å². The second-order valence-corrected chi connectivity index (χ2v) is 4.65. The van der Waals surface area contributed by atoms with E-state index >= 15 is 0 Å². The Morgan fingerprint density at radius 2 is 2.26 bits per heavy atom. The van der Waals surface area contributed by atoms with Crippen LogP contribution in [0.15, 0.2) is 36.8 Å². The van der Waals surface area contributed by atoms with Gasteiger partial charge in [-0.1, -0.05) is 0 Å². The molecule has 0 aliphatic rings. The highest BCUT2D eigenvalue weighted by Gasteiger charge is 2.09. The SMILES string of the molecule is O=C(O)Oc1cc2sc(-c3cccnc3)nc2cn1. The van der Waals surface area contributed by atoms with Crippen molar-refractivity contribution >= 4 is 27.7 Å². The van der Waals surface area contributed by atoms with Gasteiger partial charge in [0.2, 0.25) is 5.88 Å². The molecule has 0 aliphatic heterocycles.